The molecule has 4 nitrogen and oxygen atoms in total. The largest absolute Gasteiger partial charge is 0.417 e. The van der Waals surface area contributed by atoms with Crippen LogP contribution in [0.5, 0.6) is 0 Å². The number of rotatable bonds is 6. The molecule has 1 amide bonds. The van der Waals surface area contributed by atoms with Gasteiger partial charge in [0.15, 0.2) is 0 Å². The molecule has 2 N–H and O–H groups in total. The molecule has 0 unspecified atom stereocenters. The van der Waals surface area contributed by atoms with Crippen molar-refractivity contribution in [2.45, 2.75) is 25.7 Å². The fourth-order valence-corrected chi connectivity index (χ4v) is 4.39. The molecule has 0 saturated heterocycles. The molecule has 0 fully saturated rings. The molecule has 0 spiro atoms. The van der Waals surface area contributed by atoms with Gasteiger partial charge in [-0.3, -0.25) is 4.79 Å². The number of alkyl halides is 3. The maximum atomic E-state index is 13.4. The summed E-state index contributed by atoms with van der Waals surface area (Å²) >= 11 is 1.34. The number of hydrogen-bond acceptors (Lipinski definition) is 4. The van der Waals surface area contributed by atoms with Crippen LogP contribution in [-0.4, -0.2) is 16.0 Å². The number of thiazole rings is 1. The molecule has 0 atom stereocenters. The van der Waals surface area contributed by atoms with E-state index in [0.29, 0.717) is 22.6 Å². The van der Waals surface area contributed by atoms with E-state index in [-0.39, 0.29) is 24.5 Å². The van der Waals surface area contributed by atoms with Crippen LogP contribution in [0.4, 0.5) is 13.2 Å². The number of nitrogens with one attached hydrogen (secondary N) is 1. The Morgan fingerprint density at radius 3 is 2.56 bits per heavy atom. The molecular weight excluding hydrogens is 437 g/mol. The number of benzene rings is 3. The SMILES string of the molecule is O=C(Cc1nc2cc(-c3ccccc3C(F)(F)F)ccc2s1)NCc1cccc(CO)c1. The van der Waals surface area contributed by atoms with Gasteiger partial charge in [0.25, 0.3) is 0 Å². The number of carbonyl (C=O) groups excluding carboxylic acids is 1. The summed E-state index contributed by atoms with van der Waals surface area (Å²) in [4.78, 5) is 16.8. The van der Waals surface area contributed by atoms with Crippen LogP contribution in [0.1, 0.15) is 21.7 Å². The highest BCUT2D eigenvalue weighted by Crippen LogP contribution is 2.38. The second kappa shape index (κ2) is 9.10. The van der Waals surface area contributed by atoms with Crippen LogP contribution in [0.2, 0.25) is 0 Å². The van der Waals surface area contributed by atoms with Crippen molar-refractivity contribution in [3.63, 3.8) is 0 Å². The third-order valence-corrected chi connectivity index (χ3v) is 5.99. The first kappa shape index (κ1) is 22.0. The van der Waals surface area contributed by atoms with Crippen molar-refractivity contribution in [2.24, 2.45) is 0 Å². The zero-order valence-corrected chi connectivity index (χ0v) is 17.6. The van der Waals surface area contributed by atoms with Crippen molar-refractivity contribution in [1.29, 1.82) is 0 Å². The first-order valence-corrected chi connectivity index (χ1v) is 10.7. The summed E-state index contributed by atoms with van der Waals surface area (Å²) < 4.78 is 40.9. The Hall–Kier alpha value is -3.23. The predicted octanol–water partition coefficient (Wildman–Crippen LogP) is 5.33. The van der Waals surface area contributed by atoms with Crippen molar-refractivity contribution in [2.75, 3.05) is 0 Å². The van der Waals surface area contributed by atoms with E-state index in [4.69, 9.17) is 0 Å². The molecule has 3 aromatic carbocycles. The lowest BCUT2D eigenvalue weighted by Crippen LogP contribution is -2.24. The number of carbonyl (C=O) groups is 1. The fourth-order valence-electron chi connectivity index (χ4n) is 3.44. The van der Waals surface area contributed by atoms with E-state index in [1.807, 2.05) is 18.2 Å². The summed E-state index contributed by atoms with van der Waals surface area (Å²) in [5, 5.41) is 12.6. The van der Waals surface area contributed by atoms with Gasteiger partial charge in [0.1, 0.15) is 5.01 Å². The normalized spacial score (nSPS) is 11.6. The number of amides is 1. The van der Waals surface area contributed by atoms with Crippen molar-refractivity contribution in [3.8, 4) is 11.1 Å². The lowest BCUT2D eigenvalue weighted by atomic mass is 9.99. The molecule has 0 aliphatic rings. The van der Waals surface area contributed by atoms with Crippen LogP contribution in [0.3, 0.4) is 0 Å². The highest BCUT2D eigenvalue weighted by Gasteiger charge is 2.33. The van der Waals surface area contributed by atoms with Gasteiger partial charge in [-0.25, -0.2) is 4.98 Å². The van der Waals surface area contributed by atoms with Crippen molar-refractivity contribution in [1.82, 2.24) is 10.3 Å². The Morgan fingerprint density at radius 1 is 1.00 bits per heavy atom. The predicted molar refractivity (Wildman–Crippen MR) is 118 cm³/mol. The van der Waals surface area contributed by atoms with Gasteiger partial charge < -0.3 is 10.4 Å². The average molecular weight is 456 g/mol. The Morgan fingerprint density at radius 2 is 1.78 bits per heavy atom. The minimum absolute atomic E-state index is 0.0665. The summed E-state index contributed by atoms with van der Waals surface area (Å²) in [5.74, 6) is -0.207. The molecule has 164 valence electrons. The third kappa shape index (κ3) is 4.98. The second-order valence-electron chi connectivity index (χ2n) is 7.27. The highest BCUT2D eigenvalue weighted by molar-refractivity contribution is 7.18. The van der Waals surface area contributed by atoms with Crippen molar-refractivity contribution < 1.29 is 23.1 Å². The number of aromatic nitrogens is 1. The molecule has 4 rings (SSSR count). The topological polar surface area (TPSA) is 62.2 Å². The Kier molecular flexibility index (Phi) is 6.25. The number of hydrogen-bond donors (Lipinski definition) is 2. The van der Waals surface area contributed by atoms with Gasteiger partial charge in [-0.05, 0) is 40.5 Å². The van der Waals surface area contributed by atoms with Crippen molar-refractivity contribution in [3.05, 3.63) is 88.4 Å². The molecule has 4 aromatic rings. The minimum atomic E-state index is -4.45. The number of aliphatic hydroxyl groups excluding tert-OH is 1. The first-order valence-electron chi connectivity index (χ1n) is 9.85. The number of halogens is 3. The van der Waals surface area contributed by atoms with Crippen LogP contribution in [0, 0.1) is 0 Å². The van der Waals surface area contributed by atoms with E-state index >= 15 is 0 Å². The molecule has 8 heteroatoms. The monoisotopic (exact) mass is 456 g/mol. The zero-order chi connectivity index (χ0) is 22.7. The smallest absolute Gasteiger partial charge is 0.392 e. The van der Waals surface area contributed by atoms with Gasteiger partial charge in [0, 0.05) is 6.54 Å². The molecule has 1 aromatic heterocycles. The van der Waals surface area contributed by atoms with Crippen LogP contribution >= 0.6 is 11.3 Å². The van der Waals surface area contributed by atoms with Gasteiger partial charge in [0.2, 0.25) is 5.91 Å². The zero-order valence-electron chi connectivity index (χ0n) is 16.8. The lowest BCUT2D eigenvalue weighted by Gasteiger charge is -2.12. The summed E-state index contributed by atoms with van der Waals surface area (Å²) in [6, 6.07) is 17.7. The van der Waals surface area contributed by atoms with E-state index in [2.05, 4.69) is 10.3 Å². The second-order valence-corrected chi connectivity index (χ2v) is 8.38. The van der Waals surface area contributed by atoms with Crippen LogP contribution < -0.4 is 5.32 Å². The number of aliphatic hydroxyl groups is 1. The lowest BCUT2D eigenvalue weighted by molar-refractivity contribution is -0.137. The molecule has 1 heterocycles. The molecular formula is C24H19F3N2O2S. The number of nitrogens with zero attached hydrogens (tertiary/aromatic N) is 1. The van der Waals surface area contributed by atoms with Gasteiger partial charge in [-0.2, -0.15) is 13.2 Å². The van der Waals surface area contributed by atoms with E-state index in [1.54, 1.807) is 30.3 Å². The van der Waals surface area contributed by atoms with Crippen LogP contribution in [-0.2, 0) is 30.5 Å². The van der Waals surface area contributed by atoms with E-state index in [9.17, 15) is 23.1 Å². The maximum Gasteiger partial charge on any atom is 0.417 e. The summed E-state index contributed by atoms with van der Waals surface area (Å²) in [7, 11) is 0. The molecule has 0 aliphatic carbocycles. The maximum absolute atomic E-state index is 13.4. The summed E-state index contributed by atoms with van der Waals surface area (Å²) in [6.07, 6.45) is -4.37. The van der Waals surface area contributed by atoms with E-state index in [0.717, 1.165) is 21.9 Å². The van der Waals surface area contributed by atoms with E-state index < -0.39 is 11.7 Å². The standard InChI is InChI=1S/C24H19F3N2O2S/c25-24(26,27)19-7-2-1-6-18(19)17-8-9-21-20(11-17)29-23(32-21)12-22(31)28-13-15-4-3-5-16(10-15)14-30/h1-11,30H,12-14H2,(H,28,31). The van der Waals surface area contributed by atoms with E-state index in [1.165, 1.54) is 23.5 Å². The Labute approximate surface area is 186 Å². The fraction of sp³-hybridized carbons (Fsp3) is 0.167. The van der Waals surface area contributed by atoms with Gasteiger partial charge >= 0.3 is 6.18 Å². The molecule has 0 aliphatic heterocycles. The molecule has 0 bridgehead atoms. The highest BCUT2D eigenvalue weighted by atomic mass is 32.1. The minimum Gasteiger partial charge on any atom is -0.392 e. The molecule has 0 radical (unpaired) electrons. The summed E-state index contributed by atoms with van der Waals surface area (Å²) in [5.41, 5.74) is 2.03. The summed E-state index contributed by atoms with van der Waals surface area (Å²) in [6.45, 7) is 0.263. The van der Waals surface area contributed by atoms with Crippen LogP contribution in [0.25, 0.3) is 21.3 Å². The van der Waals surface area contributed by atoms with Crippen molar-refractivity contribution >= 4 is 27.5 Å². The Bertz CT molecular complexity index is 1270. The quantitative estimate of drug-likeness (QED) is 0.412. The van der Waals surface area contributed by atoms with Gasteiger partial charge in [0.05, 0.1) is 28.8 Å². The molecule has 32 heavy (non-hydrogen) atoms. The third-order valence-electron chi connectivity index (χ3n) is 4.95. The van der Waals surface area contributed by atoms with Gasteiger partial charge in [-0.1, -0.05) is 48.5 Å². The van der Waals surface area contributed by atoms with Gasteiger partial charge in [-0.15, -0.1) is 11.3 Å². The average Bonchev–Trinajstić information content (AvgIpc) is 3.18. The number of fused-ring (bicyclic) bond motifs is 1. The van der Waals surface area contributed by atoms with Crippen LogP contribution in [0.15, 0.2) is 66.7 Å². The first-order chi connectivity index (χ1) is 15.3. The Balaban J connectivity index is 1.49. The molecule has 0 saturated carbocycles.